The Labute approximate surface area is 177 Å². The fourth-order valence-electron chi connectivity index (χ4n) is 3.13. The van der Waals surface area contributed by atoms with Gasteiger partial charge in [0.1, 0.15) is 23.0 Å². The highest BCUT2D eigenvalue weighted by Crippen LogP contribution is 2.29. The smallest absolute Gasteiger partial charge is 0.127 e. The van der Waals surface area contributed by atoms with Crippen molar-refractivity contribution in [3.63, 3.8) is 0 Å². The highest BCUT2D eigenvalue weighted by atomic mass is 16.5. The van der Waals surface area contributed by atoms with E-state index in [1.165, 1.54) is 0 Å². The molecule has 2 heteroatoms. The molecule has 146 valence electrons. The topological polar surface area (TPSA) is 18.5 Å². The van der Waals surface area contributed by atoms with Crippen LogP contribution in [-0.2, 0) is 0 Å². The summed E-state index contributed by atoms with van der Waals surface area (Å²) in [5, 5.41) is 0. The minimum absolute atomic E-state index is 0.800. The highest BCUT2D eigenvalue weighted by Gasteiger charge is 2.06. The molecule has 0 unspecified atom stereocenters. The normalized spacial score (nSPS) is 10.1. The van der Waals surface area contributed by atoms with E-state index in [-0.39, 0.29) is 0 Å². The van der Waals surface area contributed by atoms with Crippen molar-refractivity contribution in [2.45, 2.75) is 0 Å². The zero-order valence-corrected chi connectivity index (χ0v) is 16.6. The fourth-order valence-corrected chi connectivity index (χ4v) is 3.13. The van der Waals surface area contributed by atoms with Gasteiger partial charge in [0, 0.05) is 0 Å². The van der Waals surface area contributed by atoms with E-state index >= 15 is 0 Å². The summed E-state index contributed by atoms with van der Waals surface area (Å²) in [5.74, 6) is 3.24. The van der Waals surface area contributed by atoms with Crippen LogP contribution in [0.25, 0.3) is 5.57 Å². The SMILES string of the molecule is C=CC=C(c1ccc(Oc2ccccc2)cc1)c1ccc(Oc2ccccc2)cc1. The van der Waals surface area contributed by atoms with Crippen LogP contribution in [-0.4, -0.2) is 0 Å². The minimum atomic E-state index is 0.800. The van der Waals surface area contributed by atoms with Gasteiger partial charge < -0.3 is 9.47 Å². The lowest BCUT2D eigenvalue weighted by atomic mass is 9.97. The van der Waals surface area contributed by atoms with Gasteiger partial charge in [0.15, 0.2) is 0 Å². The lowest BCUT2D eigenvalue weighted by Gasteiger charge is -2.11. The lowest BCUT2D eigenvalue weighted by molar-refractivity contribution is 0.482. The molecule has 0 fully saturated rings. The maximum absolute atomic E-state index is 5.89. The molecule has 0 aliphatic carbocycles. The van der Waals surface area contributed by atoms with Crippen LogP contribution in [0.2, 0.25) is 0 Å². The Kier molecular flexibility index (Phi) is 6.07. The van der Waals surface area contributed by atoms with Crippen molar-refractivity contribution >= 4 is 5.57 Å². The first-order chi connectivity index (χ1) is 14.8. The predicted molar refractivity (Wildman–Crippen MR) is 123 cm³/mol. The van der Waals surface area contributed by atoms with Crippen LogP contribution in [0, 0.1) is 0 Å². The molecule has 0 saturated heterocycles. The van der Waals surface area contributed by atoms with Crippen LogP contribution >= 0.6 is 0 Å². The summed E-state index contributed by atoms with van der Waals surface area (Å²) in [5.41, 5.74) is 3.27. The number of allylic oxidation sites excluding steroid dienone is 2. The van der Waals surface area contributed by atoms with Gasteiger partial charge in [-0.15, -0.1) is 0 Å². The molecule has 4 rings (SSSR count). The summed E-state index contributed by atoms with van der Waals surface area (Å²) >= 11 is 0. The second kappa shape index (κ2) is 9.44. The Morgan fingerprint density at radius 3 is 1.23 bits per heavy atom. The molecule has 0 radical (unpaired) electrons. The van der Waals surface area contributed by atoms with Gasteiger partial charge >= 0.3 is 0 Å². The molecule has 2 nitrogen and oxygen atoms in total. The number of ether oxygens (including phenoxy) is 2. The quantitative estimate of drug-likeness (QED) is 0.299. The monoisotopic (exact) mass is 390 g/mol. The molecule has 0 aromatic heterocycles. The molecule has 0 aliphatic heterocycles. The Morgan fingerprint density at radius 2 is 0.867 bits per heavy atom. The van der Waals surface area contributed by atoms with Crippen LogP contribution in [0.1, 0.15) is 11.1 Å². The standard InChI is InChI=1S/C28H22O2/c1-2-9-28(22-14-18-26(19-15-22)29-24-10-5-3-6-11-24)23-16-20-27(21-17-23)30-25-12-7-4-8-13-25/h2-21H,1H2. The Morgan fingerprint density at radius 1 is 0.500 bits per heavy atom. The molecule has 0 N–H and O–H groups in total. The second-order valence-corrected chi connectivity index (χ2v) is 6.70. The summed E-state index contributed by atoms with van der Waals surface area (Å²) in [6.45, 7) is 3.87. The first kappa shape index (κ1) is 19.3. The highest BCUT2D eigenvalue weighted by molar-refractivity contribution is 5.81. The Balaban J connectivity index is 1.52. The zero-order valence-electron chi connectivity index (χ0n) is 16.6. The summed E-state index contributed by atoms with van der Waals surface area (Å²) in [6, 6.07) is 35.7. The predicted octanol–water partition coefficient (Wildman–Crippen LogP) is 7.89. The molecular weight excluding hydrogens is 368 g/mol. The van der Waals surface area contributed by atoms with E-state index in [4.69, 9.17) is 9.47 Å². The first-order valence-electron chi connectivity index (χ1n) is 9.81. The van der Waals surface area contributed by atoms with Gasteiger partial charge in [0.05, 0.1) is 0 Å². The maximum atomic E-state index is 5.89. The van der Waals surface area contributed by atoms with Crippen LogP contribution in [0.3, 0.4) is 0 Å². The average Bonchev–Trinajstić information content (AvgIpc) is 2.80. The van der Waals surface area contributed by atoms with E-state index < -0.39 is 0 Å². The van der Waals surface area contributed by atoms with Crippen molar-refractivity contribution in [1.82, 2.24) is 0 Å². The van der Waals surface area contributed by atoms with E-state index in [1.807, 2.05) is 91.0 Å². The molecule has 30 heavy (non-hydrogen) atoms. The molecule has 0 heterocycles. The third-order valence-corrected chi connectivity index (χ3v) is 4.57. The molecular formula is C28H22O2. The van der Waals surface area contributed by atoms with Crippen molar-refractivity contribution in [2.75, 3.05) is 0 Å². The number of hydrogen-bond donors (Lipinski definition) is 0. The van der Waals surface area contributed by atoms with Gasteiger partial charge in [0.25, 0.3) is 0 Å². The van der Waals surface area contributed by atoms with E-state index in [0.717, 1.165) is 39.7 Å². The van der Waals surface area contributed by atoms with Crippen LogP contribution < -0.4 is 9.47 Å². The third kappa shape index (κ3) is 4.86. The van der Waals surface area contributed by atoms with E-state index in [2.05, 4.69) is 30.8 Å². The van der Waals surface area contributed by atoms with Gasteiger partial charge in [-0.3, -0.25) is 0 Å². The van der Waals surface area contributed by atoms with Crippen molar-refractivity contribution in [3.05, 3.63) is 139 Å². The Hall–Kier alpha value is -4.04. The first-order valence-corrected chi connectivity index (χ1v) is 9.81. The maximum Gasteiger partial charge on any atom is 0.127 e. The van der Waals surface area contributed by atoms with Gasteiger partial charge in [-0.25, -0.2) is 0 Å². The van der Waals surface area contributed by atoms with Gasteiger partial charge in [0.2, 0.25) is 0 Å². The van der Waals surface area contributed by atoms with Crippen molar-refractivity contribution in [1.29, 1.82) is 0 Å². The van der Waals surface area contributed by atoms with Crippen LogP contribution in [0.15, 0.2) is 128 Å². The van der Waals surface area contributed by atoms with Crippen LogP contribution in [0.4, 0.5) is 0 Å². The number of para-hydroxylation sites is 2. The molecule has 0 spiro atoms. The van der Waals surface area contributed by atoms with E-state index in [9.17, 15) is 0 Å². The van der Waals surface area contributed by atoms with E-state index in [0.29, 0.717) is 0 Å². The van der Waals surface area contributed by atoms with Crippen molar-refractivity contribution in [3.8, 4) is 23.0 Å². The number of hydrogen-bond acceptors (Lipinski definition) is 2. The molecule has 0 bridgehead atoms. The average molecular weight is 390 g/mol. The summed E-state index contributed by atoms with van der Waals surface area (Å²) < 4.78 is 11.8. The van der Waals surface area contributed by atoms with Crippen molar-refractivity contribution in [2.24, 2.45) is 0 Å². The molecule has 0 saturated carbocycles. The zero-order chi connectivity index (χ0) is 20.6. The minimum Gasteiger partial charge on any atom is -0.457 e. The van der Waals surface area contributed by atoms with Gasteiger partial charge in [-0.1, -0.05) is 79.4 Å². The molecule has 0 aliphatic rings. The molecule has 4 aromatic rings. The van der Waals surface area contributed by atoms with Gasteiger partial charge in [-0.2, -0.15) is 0 Å². The largest absolute Gasteiger partial charge is 0.457 e. The molecule has 4 aromatic carbocycles. The van der Waals surface area contributed by atoms with Gasteiger partial charge in [-0.05, 0) is 65.2 Å². The second-order valence-electron chi connectivity index (χ2n) is 6.70. The lowest BCUT2D eigenvalue weighted by Crippen LogP contribution is -1.90. The molecule has 0 atom stereocenters. The summed E-state index contributed by atoms with van der Waals surface area (Å²) in [4.78, 5) is 0. The van der Waals surface area contributed by atoms with Crippen molar-refractivity contribution < 1.29 is 9.47 Å². The Bertz CT molecular complexity index is 1020. The van der Waals surface area contributed by atoms with E-state index in [1.54, 1.807) is 6.08 Å². The summed E-state index contributed by atoms with van der Waals surface area (Å²) in [6.07, 6.45) is 3.82. The molecule has 0 amide bonds. The van der Waals surface area contributed by atoms with Crippen LogP contribution in [0.5, 0.6) is 23.0 Å². The third-order valence-electron chi connectivity index (χ3n) is 4.57. The number of benzene rings is 4. The number of rotatable bonds is 7. The summed E-state index contributed by atoms with van der Waals surface area (Å²) in [7, 11) is 0. The fraction of sp³-hybridized carbons (Fsp3) is 0.